The van der Waals surface area contributed by atoms with Crippen LogP contribution in [0.4, 0.5) is 11.6 Å². The molecule has 0 spiro atoms. The van der Waals surface area contributed by atoms with E-state index in [9.17, 15) is 4.79 Å². The first-order chi connectivity index (χ1) is 12.0. The molecule has 130 valence electrons. The van der Waals surface area contributed by atoms with Gasteiger partial charge in [-0.1, -0.05) is 6.92 Å². The van der Waals surface area contributed by atoms with Crippen LogP contribution < -0.4 is 4.90 Å². The molecule has 1 N–H and O–H groups in total. The molecule has 0 amide bonds. The zero-order valence-electron chi connectivity index (χ0n) is 14.7. The Labute approximate surface area is 147 Å². The number of carboxylic acids is 1. The highest BCUT2D eigenvalue weighted by molar-refractivity contribution is 5.86. The SMILES string of the molecule is CN(c1cc2c3c(c1)CCCC3(C)CCC2)c1ncc(C(=O)O)cn1. The molecule has 0 aliphatic heterocycles. The van der Waals surface area contributed by atoms with Crippen molar-refractivity contribution >= 4 is 17.6 Å². The second kappa shape index (κ2) is 5.83. The van der Waals surface area contributed by atoms with Gasteiger partial charge in [-0.3, -0.25) is 0 Å². The lowest BCUT2D eigenvalue weighted by Gasteiger charge is -2.42. The Morgan fingerprint density at radius 1 is 1.12 bits per heavy atom. The molecule has 25 heavy (non-hydrogen) atoms. The lowest BCUT2D eigenvalue weighted by Crippen LogP contribution is -2.32. The minimum atomic E-state index is -1.01. The zero-order chi connectivity index (χ0) is 17.6. The van der Waals surface area contributed by atoms with Crippen LogP contribution >= 0.6 is 0 Å². The van der Waals surface area contributed by atoms with Crippen molar-refractivity contribution in [3.63, 3.8) is 0 Å². The van der Waals surface area contributed by atoms with Crippen LogP contribution in [0.1, 0.15) is 59.7 Å². The summed E-state index contributed by atoms with van der Waals surface area (Å²) in [6.45, 7) is 2.42. The molecule has 1 heterocycles. The van der Waals surface area contributed by atoms with Gasteiger partial charge in [0.25, 0.3) is 0 Å². The Kier molecular flexibility index (Phi) is 3.74. The van der Waals surface area contributed by atoms with Crippen molar-refractivity contribution in [2.75, 3.05) is 11.9 Å². The summed E-state index contributed by atoms with van der Waals surface area (Å²) in [5, 5.41) is 8.99. The molecule has 2 aromatic rings. The summed E-state index contributed by atoms with van der Waals surface area (Å²) < 4.78 is 0. The number of aryl methyl sites for hydroxylation is 2. The molecule has 0 atom stereocenters. The highest BCUT2D eigenvalue weighted by Crippen LogP contribution is 2.47. The molecule has 0 unspecified atom stereocenters. The molecule has 1 aromatic carbocycles. The van der Waals surface area contributed by atoms with Crippen LogP contribution in [0.25, 0.3) is 0 Å². The van der Waals surface area contributed by atoms with E-state index in [1.807, 2.05) is 11.9 Å². The minimum Gasteiger partial charge on any atom is -0.478 e. The van der Waals surface area contributed by atoms with Gasteiger partial charge in [-0.2, -0.15) is 0 Å². The Bertz CT molecular complexity index is 798. The fourth-order valence-corrected chi connectivity index (χ4v) is 4.55. The number of aromatic nitrogens is 2. The molecule has 4 rings (SSSR count). The molecule has 0 saturated carbocycles. The Morgan fingerprint density at radius 2 is 1.68 bits per heavy atom. The fraction of sp³-hybridized carbons (Fsp3) is 0.450. The molecule has 5 nitrogen and oxygen atoms in total. The van der Waals surface area contributed by atoms with Crippen molar-refractivity contribution in [3.8, 4) is 0 Å². The summed E-state index contributed by atoms with van der Waals surface area (Å²) >= 11 is 0. The molecule has 0 saturated heterocycles. The van der Waals surface area contributed by atoms with Gasteiger partial charge in [0.05, 0.1) is 5.56 Å². The van der Waals surface area contributed by atoms with Gasteiger partial charge in [-0.05, 0) is 72.8 Å². The van der Waals surface area contributed by atoms with E-state index in [2.05, 4.69) is 29.0 Å². The van der Waals surface area contributed by atoms with E-state index in [0.29, 0.717) is 11.4 Å². The number of benzene rings is 1. The van der Waals surface area contributed by atoms with Crippen molar-refractivity contribution < 1.29 is 9.90 Å². The van der Waals surface area contributed by atoms with E-state index in [-0.39, 0.29) is 5.56 Å². The molecular weight excluding hydrogens is 314 g/mol. The maximum atomic E-state index is 11.0. The predicted molar refractivity (Wildman–Crippen MR) is 96.7 cm³/mol. The van der Waals surface area contributed by atoms with E-state index in [0.717, 1.165) is 18.5 Å². The van der Waals surface area contributed by atoms with Crippen LogP contribution in [0.2, 0.25) is 0 Å². The molecule has 1 aromatic heterocycles. The summed E-state index contributed by atoms with van der Waals surface area (Å²) in [7, 11) is 1.94. The lowest BCUT2D eigenvalue weighted by molar-refractivity contribution is 0.0696. The van der Waals surface area contributed by atoms with Gasteiger partial charge in [0, 0.05) is 25.1 Å². The van der Waals surface area contributed by atoms with Crippen LogP contribution in [0.15, 0.2) is 24.5 Å². The van der Waals surface area contributed by atoms with E-state index in [1.54, 1.807) is 5.56 Å². The van der Waals surface area contributed by atoms with Crippen LogP contribution in [-0.2, 0) is 18.3 Å². The molecule has 0 bridgehead atoms. The van der Waals surface area contributed by atoms with E-state index < -0.39 is 5.97 Å². The first kappa shape index (κ1) is 16.1. The standard InChI is InChI=1S/C20H23N3O2/c1-20-7-3-5-13-9-16(10-14(17(13)20)6-4-8-20)23(2)19-21-11-15(12-22-19)18(24)25/h9-12H,3-8H2,1-2H3,(H,24,25). The van der Waals surface area contributed by atoms with Crippen molar-refractivity contribution in [1.82, 2.24) is 9.97 Å². The van der Waals surface area contributed by atoms with Gasteiger partial charge < -0.3 is 10.0 Å². The van der Waals surface area contributed by atoms with Crippen molar-refractivity contribution in [2.45, 2.75) is 50.9 Å². The van der Waals surface area contributed by atoms with Gasteiger partial charge in [0.1, 0.15) is 0 Å². The van der Waals surface area contributed by atoms with Crippen LogP contribution in [0.3, 0.4) is 0 Å². The third kappa shape index (κ3) is 2.68. The monoisotopic (exact) mass is 337 g/mol. The predicted octanol–water partition coefficient (Wildman–Crippen LogP) is 3.87. The number of rotatable bonds is 3. The third-order valence-electron chi connectivity index (χ3n) is 5.81. The maximum Gasteiger partial charge on any atom is 0.338 e. The van der Waals surface area contributed by atoms with Crippen molar-refractivity contribution in [1.29, 1.82) is 0 Å². The highest BCUT2D eigenvalue weighted by atomic mass is 16.4. The van der Waals surface area contributed by atoms with Gasteiger partial charge >= 0.3 is 5.97 Å². The summed E-state index contributed by atoms with van der Waals surface area (Å²) in [4.78, 5) is 21.4. The largest absolute Gasteiger partial charge is 0.478 e. The fourth-order valence-electron chi connectivity index (χ4n) is 4.55. The van der Waals surface area contributed by atoms with E-state index >= 15 is 0 Å². The molecule has 0 radical (unpaired) electrons. The number of aromatic carboxylic acids is 1. The number of nitrogens with zero attached hydrogens (tertiary/aromatic N) is 3. The molecule has 0 fully saturated rings. The molecule has 5 heteroatoms. The van der Waals surface area contributed by atoms with Crippen LogP contribution in [-0.4, -0.2) is 28.1 Å². The number of hydrogen-bond acceptors (Lipinski definition) is 4. The van der Waals surface area contributed by atoms with E-state index in [4.69, 9.17) is 5.11 Å². The summed E-state index contributed by atoms with van der Waals surface area (Å²) in [5.74, 6) is -0.488. The number of carbonyl (C=O) groups is 1. The quantitative estimate of drug-likeness (QED) is 0.921. The zero-order valence-corrected chi connectivity index (χ0v) is 14.7. The first-order valence-electron chi connectivity index (χ1n) is 8.93. The lowest BCUT2D eigenvalue weighted by atomic mass is 9.63. The smallest absolute Gasteiger partial charge is 0.338 e. The second-order valence-electron chi connectivity index (χ2n) is 7.54. The van der Waals surface area contributed by atoms with Crippen molar-refractivity contribution in [3.05, 3.63) is 46.8 Å². The topological polar surface area (TPSA) is 66.3 Å². The average Bonchev–Trinajstić information content (AvgIpc) is 2.61. The average molecular weight is 337 g/mol. The second-order valence-corrected chi connectivity index (χ2v) is 7.54. The molecular formula is C20H23N3O2. The Balaban J connectivity index is 1.73. The van der Waals surface area contributed by atoms with E-state index in [1.165, 1.54) is 49.2 Å². The third-order valence-corrected chi connectivity index (χ3v) is 5.81. The highest BCUT2D eigenvalue weighted by Gasteiger charge is 2.36. The summed E-state index contributed by atoms with van der Waals surface area (Å²) in [5.41, 5.74) is 6.06. The van der Waals surface area contributed by atoms with Crippen molar-refractivity contribution in [2.24, 2.45) is 0 Å². The maximum absolute atomic E-state index is 11.0. The molecule has 2 aliphatic carbocycles. The Hall–Kier alpha value is -2.43. The molecule has 2 aliphatic rings. The van der Waals surface area contributed by atoms with Crippen LogP contribution in [0.5, 0.6) is 0 Å². The number of hydrogen-bond donors (Lipinski definition) is 1. The van der Waals surface area contributed by atoms with Gasteiger partial charge in [-0.15, -0.1) is 0 Å². The normalized spacial score (nSPS) is 17.7. The summed E-state index contributed by atoms with van der Waals surface area (Å²) in [6.07, 6.45) is 10.1. The number of anilines is 2. The van der Waals surface area contributed by atoms with Gasteiger partial charge in [0.2, 0.25) is 5.95 Å². The Morgan fingerprint density at radius 3 is 2.20 bits per heavy atom. The first-order valence-corrected chi connectivity index (χ1v) is 8.93. The summed E-state index contributed by atoms with van der Waals surface area (Å²) in [6, 6.07) is 4.55. The van der Waals surface area contributed by atoms with Gasteiger partial charge in [-0.25, -0.2) is 14.8 Å². The van der Waals surface area contributed by atoms with Gasteiger partial charge in [0.15, 0.2) is 0 Å². The number of carboxylic acid groups (broad SMARTS) is 1. The van der Waals surface area contributed by atoms with Crippen LogP contribution in [0, 0.1) is 0 Å². The minimum absolute atomic E-state index is 0.105.